The van der Waals surface area contributed by atoms with Crippen LogP contribution in [-0.2, 0) is 6.54 Å². The number of aromatic amines is 1. The molecule has 1 aliphatic heterocycles. The summed E-state index contributed by atoms with van der Waals surface area (Å²) < 4.78 is 40.9. The standard InChI is InChI=1S/C26H21F3N6O/c27-22-12-30-23(34-24(22)33-20-5-3-16(4-6-20)19-10-31-32-11-19)17-1-2-18-14-35(25(36)21(18)7-17)13-15-8-26(28,29)9-15/h1-7,10-12,15H,8-9,13-14H2,(H,31,32)(H,30,33,34). The first-order valence-corrected chi connectivity index (χ1v) is 11.5. The maximum atomic E-state index is 14.5. The van der Waals surface area contributed by atoms with E-state index in [0.29, 0.717) is 29.9 Å². The first-order valence-electron chi connectivity index (χ1n) is 11.5. The highest BCUT2D eigenvalue weighted by Gasteiger charge is 2.46. The molecule has 3 heterocycles. The van der Waals surface area contributed by atoms with Crippen LogP contribution in [0.1, 0.15) is 28.8 Å². The van der Waals surface area contributed by atoms with Gasteiger partial charge in [0, 0.05) is 54.5 Å². The number of benzene rings is 2. The summed E-state index contributed by atoms with van der Waals surface area (Å²) in [5.74, 6) is -3.32. The second-order valence-electron chi connectivity index (χ2n) is 9.27. The van der Waals surface area contributed by atoms with Gasteiger partial charge in [-0.1, -0.05) is 24.3 Å². The van der Waals surface area contributed by atoms with E-state index in [-0.39, 0.29) is 36.3 Å². The lowest BCUT2D eigenvalue weighted by atomic mass is 9.81. The molecule has 4 aromatic rings. The molecule has 2 aliphatic rings. The highest BCUT2D eigenvalue weighted by Crippen LogP contribution is 2.43. The number of aromatic nitrogens is 4. The highest BCUT2D eigenvalue weighted by molar-refractivity contribution is 5.99. The molecule has 2 N–H and O–H groups in total. The van der Waals surface area contributed by atoms with E-state index >= 15 is 0 Å². The van der Waals surface area contributed by atoms with Crippen LogP contribution in [0.15, 0.2) is 61.1 Å². The van der Waals surface area contributed by atoms with Gasteiger partial charge in [-0.3, -0.25) is 9.89 Å². The number of amides is 1. The van der Waals surface area contributed by atoms with Crippen molar-refractivity contribution in [2.75, 3.05) is 11.9 Å². The quantitative estimate of drug-likeness (QED) is 0.377. The molecule has 10 heteroatoms. The van der Waals surface area contributed by atoms with Gasteiger partial charge in [-0.15, -0.1) is 0 Å². The Hall–Kier alpha value is -4.21. The van der Waals surface area contributed by atoms with Gasteiger partial charge >= 0.3 is 0 Å². The van der Waals surface area contributed by atoms with Crippen molar-refractivity contribution >= 4 is 17.4 Å². The minimum Gasteiger partial charge on any atom is -0.338 e. The van der Waals surface area contributed by atoms with Crippen molar-refractivity contribution in [3.05, 3.63) is 78.0 Å². The number of hydrogen-bond donors (Lipinski definition) is 2. The predicted molar refractivity (Wildman–Crippen MR) is 127 cm³/mol. The average Bonchev–Trinajstić information content (AvgIpc) is 3.49. The Kier molecular flexibility index (Phi) is 5.24. The topological polar surface area (TPSA) is 86.8 Å². The Balaban J connectivity index is 1.19. The summed E-state index contributed by atoms with van der Waals surface area (Å²) in [7, 11) is 0. The molecule has 7 nitrogen and oxygen atoms in total. The number of rotatable bonds is 6. The minimum absolute atomic E-state index is 0.00965. The largest absolute Gasteiger partial charge is 0.338 e. The van der Waals surface area contributed by atoms with E-state index in [4.69, 9.17) is 0 Å². The minimum atomic E-state index is -2.61. The Morgan fingerprint density at radius 3 is 2.56 bits per heavy atom. The fourth-order valence-electron chi connectivity index (χ4n) is 4.76. The maximum absolute atomic E-state index is 14.5. The summed E-state index contributed by atoms with van der Waals surface area (Å²) >= 11 is 0. The van der Waals surface area contributed by atoms with E-state index in [1.807, 2.05) is 30.3 Å². The van der Waals surface area contributed by atoms with Gasteiger partial charge in [-0.2, -0.15) is 5.10 Å². The number of carbonyl (C=O) groups excluding carboxylic acids is 1. The fourth-order valence-corrected chi connectivity index (χ4v) is 4.76. The van der Waals surface area contributed by atoms with Gasteiger partial charge in [0.15, 0.2) is 17.5 Å². The van der Waals surface area contributed by atoms with Crippen LogP contribution >= 0.6 is 0 Å². The predicted octanol–water partition coefficient (Wildman–Crippen LogP) is 5.42. The van der Waals surface area contributed by atoms with Crippen LogP contribution in [0.25, 0.3) is 22.5 Å². The number of halogens is 3. The molecule has 0 atom stereocenters. The zero-order chi connectivity index (χ0) is 24.9. The molecular formula is C26H21F3N6O. The molecule has 6 rings (SSSR count). The van der Waals surface area contributed by atoms with E-state index in [0.717, 1.165) is 22.9 Å². The van der Waals surface area contributed by atoms with Crippen LogP contribution in [0.4, 0.5) is 24.7 Å². The summed E-state index contributed by atoms with van der Waals surface area (Å²) in [4.78, 5) is 23.0. The average molecular weight is 490 g/mol. The van der Waals surface area contributed by atoms with Crippen molar-refractivity contribution in [3.63, 3.8) is 0 Å². The van der Waals surface area contributed by atoms with E-state index in [2.05, 4.69) is 25.5 Å². The number of alkyl halides is 2. The van der Waals surface area contributed by atoms with Crippen LogP contribution in [0.5, 0.6) is 0 Å². The third kappa shape index (κ3) is 4.19. The lowest BCUT2D eigenvalue weighted by Crippen LogP contribution is -2.42. The number of carbonyl (C=O) groups is 1. The highest BCUT2D eigenvalue weighted by atomic mass is 19.3. The molecule has 2 aromatic carbocycles. The number of nitrogens with one attached hydrogen (secondary N) is 2. The van der Waals surface area contributed by atoms with E-state index in [9.17, 15) is 18.0 Å². The second-order valence-corrected chi connectivity index (χ2v) is 9.27. The summed E-state index contributed by atoms with van der Waals surface area (Å²) in [5.41, 5.74) is 4.43. The lowest BCUT2D eigenvalue weighted by Gasteiger charge is -2.37. The summed E-state index contributed by atoms with van der Waals surface area (Å²) in [6, 6.07) is 12.7. The van der Waals surface area contributed by atoms with Gasteiger partial charge in [0.05, 0.1) is 12.4 Å². The lowest BCUT2D eigenvalue weighted by molar-refractivity contribution is -0.114. The molecule has 0 radical (unpaired) electrons. The molecule has 182 valence electrons. The van der Waals surface area contributed by atoms with E-state index in [1.54, 1.807) is 29.4 Å². The number of hydrogen-bond acceptors (Lipinski definition) is 5. The third-order valence-electron chi connectivity index (χ3n) is 6.62. The molecule has 2 aromatic heterocycles. The SMILES string of the molecule is O=C1c2cc(-c3ncc(F)c(Nc4ccc(-c5cn[nH]c5)cc4)n3)ccc2CN1CC1CC(F)(F)C1. The van der Waals surface area contributed by atoms with E-state index < -0.39 is 11.7 Å². The second kappa shape index (κ2) is 8.47. The van der Waals surface area contributed by atoms with Gasteiger partial charge in [-0.25, -0.2) is 23.1 Å². The number of fused-ring (bicyclic) bond motifs is 1. The van der Waals surface area contributed by atoms with Gasteiger partial charge in [-0.05, 0) is 35.2 Å². The molecule has 1 saturated carbocycles. The smallest absolute Gasteiger partial charge is 0.254 e. The van der Waals surface area contributed by atoms with Crippen molar-refractivity contribution in [1.29, 1.82) is 0 Å². The first-order chi connectivity index (χ1) is 17.3. The zero-order valence-electron chi connectivity index (χ0n) is 19.0. The van der Waals surface area contributed by atoms with Crippen molar-refractivity contribution in [3.8, 4) is 22.5 Å². The molecule has 0 spiro atoms. The normalized spacial score (nSPS) is 16.6. The van der Waals surface area contributed by atoms with Crippen LogP contribution in [0.2, 0.25) is 0 Å². The molecule has 1 fully saturated rings. The van der Waals surface area contributed by atoms with Crippen molar-refractivity contribution in [1.82, 2.24) is 25.1 Å². The van der Waals surface area contributed by atoms with Crippen LogP contribution in [0.3, 0.4) is 0 Å². The molecule has 0 saturated heterocycles. The molecule has 0 unspecified atom stereocenters. The Morgan fingerprint density at radius 2 is 1.83 bits per heavy atom. The molecule has 1 amide bonds. The zero-order valence-corrected chi connectivity index (χ0v) is 19.0. The van der Waals surface area contributed by atoms with E-state index in [1.165, 1.54) is 0 Å². The summed E-state index contributed by atoms with van der Waals surface area (Å²) in [6.45, 7) is 0.710. The number of nitrogens with zero attached hydrogens (tertiary/aromatic N) is 4. The Bertz CT molecular complexity index is 1430. The van der Waals surface area contributed by atoms with Crippen LogP contribution in [0, 0.1) is 11.7 Å². The number of anilines is 2. The van der Waals surface area contributed by atoms with Crippen molar-refractivity contribution in [2.24, 2.45) is 5.92 Å². The maximum Gasteiger partial charge on any atom is 0.254 e. The van der Waals surface area contributed by atoms with Crippen LogP contribution in [-0.4, -0.2) is 43.4 Å². The molecule has 1 aliphatic carbocycles. The molecular weight excluding hydrogens is 469 g/mol. The van der Waals surface area contributed by atoms with Crippen molar-refractivity contribution in [2.45, 2.75) is 25.3 Å². The van der Waals surface area contributed by atoms with Gasteiger partial charge < -0.3 is 10.2 Å². The monoisotopic (exact) mass is 490 g/mol. The number of H-pyrrole nitrogens is 1. The van der Waals surface area contributed by atoms with Gasteiger partial charge in [0.2, 0.25) is 5.92 Å². The Labute approximate surface area is 204 Å². The van der Waals surface area contributed by atoms with Crippen LogP contribution < -0.4 is 5.32 Å². The summed E-state index contributed by atoms with van der Waals surface area (Å²) in [6.07, 6.45) is 4.23. The molecule has 0 bridgehead atoms. The van der Waals surface area contributed by atoms with Gasteiger partial charge in [0.25, 0.3) is 5.91 Å². The van der Waals surface area contributed by atoms with Crippen molar-refractivity contribution < 1.29 is 18.0 Å². The third-order valence-corrected chi connectivity index (χ3v) is 6.62. The summed E-state index contributed by atoms with van der Waals surface area (Å²) in [5, 5.41) is 9.68. The first kappa shape index (κ1) is 22.3. The van der Waals surface area contributed by atoms with Gasteiger partial charge in [0.1, 0.15) is 0 Å². The molecule has 36 heavy (non-hydrogen) atoms. The fraction of sp³-hybridized carbons (Fsp3) is 0.231. The Morgan fingerprint density at radius 1 is 1.06 bits per heavy atom.